The highest BCUT2D eigenvalue weighted by Gasteiger charge is 2.22. The summed E-state index contributed by atoms with van der Waals surface area (Å²) >= 11 is 5.95. The summed E-state index contributed by atoms with van der Waals surface area (Å²) < 4.78 is 0. The molecule has 1 atom stereocenters. The normalized spacial score (nSPS) is 21.9. The smallest absolute Gasteiger partial charge is 0.129 e. The van der Waals surface area contributed by atoms with Crippen LogP contribution in [-0.4, -0.2) is 47.7 Å². The third-order valence-electron chi connectivity index (χ3n) is 3.18. The van der Waals surface area contributed by atoms with Crippen molar-refractivity contribution in [2.45, 2.75) is 19.6 Å². The lowest BCUT2D eigenvalue weighted by Crippen LogP contribution is -2.50. The van der Waals surface area contributed by atoms with Crippen molar-refractivity contribution in [3.05, 3.63) is 22.8 Å². The molecule has 1 aliphatic rings. The Kier molecular flexibility index (Phi) is 3.86. The number of pyridine rings is 1. The van der Waals surface area contributed by atoms with Gasteiger partial charge in [-0.15, -0.1) is 0 Å². The summed E-state index contributed by atoms with van der Waals surface area (Å²) in [5.74, 6) is 0.902. The average Bonchev–Trinajstić information content (AvgIpc) is 2.30. The zero-order chi connectivity index (χ0) is 12.4. The molecule has 17 heavy (non-hydrogen) atoms. The lowest BCUT2D eigenvalue weighted by molar-refractivity contribution is 0.270. The van der Waals surface area contributed by atoms with Crippen molar-refractivity contribution < 1.29 is 5.11 Å². The quantitative estimate of drug-likeness (QED) is 0.867. The number of rotatable bonds is 2. The van der Waals surface area contributed by atoms with E-state index in [4.69, 9.17) is 11.6 Å². The minimum atomic E-state index is -0.116. The fourth-order valence-electron chi connectivity index (χ4n) is 2.22. The van der Waals surface area contributed by atoms with Gasteiger partial charge in [0.1, 0.15) is 5.82 Å². The van der Waals surface area contributed by atoms with Gasteiger partial charge >= 0.3 is 0 Å². The topological polar surface area (TPSA) is 39.6 Å². The summed E-state index contributed by atoms with van der Waals surface area (Å²) in [7, 11) is 2.13. The van der Waals surface area contributed by atoms with E-state index in [1.54, 1.807) is 6.07 Å². The van der Waals surface area contributed by atoms with E-state index in [2.05, 4.69) is 28.8 Å². The zero-order valence-electron chi connectivity index (χ0n) is 10.2. The van der Waals surface area contributed by atoms with Crippen LogP contribution < -0.4 is 4.90 Å². The molecule has 0 bridgehead atoms. The molecule has 0 amide bonds. The molecule has 0 radical (unpaired) electrons. The number of piperazine rings is 1. The van der Waals surface area contributed by atoms with Gasteiger partial charge in [-0.3, -0.25) is 0 Å². The first-order chi connectivity index (χ1) is 8.11. The summed E-state index contributed by atoms with van der Waals surface area (Å²) in [6.07, 6.45) is 0. The first-order valence-corrected chi connectivity index (χ1v) is 6.21. The third-order valence-corrected chi connectivity index (χ3v) is 3.52. The fourth-order valence-corrected chi connectivity index (χ4v) is 2.39. The van der Waals surface area contributed by atoms with Crippen molar-refractivity contribution in [2.24, 2.45) is 0 Å². The molecule has 1 aliphatic heterocycles. The van der Waals surface area contributed by atoms with Crippen molar-refractivity contribution in [3.63, 3.8) is 0 Å². The molecule has 5 heteroatoms. The molecule has 1 saturated heterocycles. The monoisotopic (exact) mass is 255 g/mol. The van der Waals surface area contributed by atoms with E-state index < -0.39 is 0 Å². The van der Waals surface area contributed by atoms with Gasteiger partial charge in [0.15, 0.2) is 0 Å². The van der Waals surface area contributed by atoms with Crippen LogP contribution in [0.4, 0.5) is 5.82 Å². The molecule has 1 aromatic heterocycles. The molecule has 4 nitrogen and oxygen atoms in total. The van der Waals surface area contributed by atoms with Crippen LogP contribution in [0.1, 0.15) is 12.6 Å². The maximum absolute atomic E-state index is 9.18. The van der Waals surface area contributed by atoms with E-state index in [9.17, 15) is 5.11 Å². The summed E-state index contributed by atoms with van der Waals surface area (Å²) in [6.45, 7) is 5.08. The van der Waals surface area contributed by atoms with Gasteiger partial charge in [0.05, 0.1) is 17.3 Å². The summed E-state index contributed by atoms with van der Waals surface area (Å²) in [5, 5.41) is 9.70. The van der Waals surface area contributed by atoms with E-state index in [0.717, 1.165) is 25.5 Å². The van der Waals surface area contributed by atoms with E-state index >= 15 is 0 Å². The minimum absolute atomic E-state index is 0.116. The second-order valence-electron chi connectivity index (χ2n) is 4.56. The number of hydrogen-bond acceptors (Lipinski definition) is 4. The summed E-state index contributed by atoms with van der Waals surface area (Å²) in [5.41, 5.74) is 0.551. The van der Waals surface area contributed by atoms with E-state index in [1.807, 2.05) is 6.07 Å². The van der Waals surface area contributed by atoms with Gasteiger partial charge in [-0.05, 0) is 26.1 Å². The largest absolute Gasteiger partial charge is 0.390 e. The predicted octanol–water partition coefficient (Wildman–Crippen LogP) is 1.37. The molecule has 0 aliphatic carbocycles. The number of anilines is 1. The van der Waals surface area contributed by atoms with Gasteiger partial charge in [-0.25, -0.2) is 4.98 Å². The molecule has 0 spiro atoms. The van der Waals surface area contributed by atoms with Crippen LogP contribution in [0, 0.1) is 0 Å². The standard InChI is InChI=1S/C12H18ClN3O/c1-9-7-15(2)5-6-16(9)12-4-3-10(13)11(8-17)14-12/h3-4,9,17H,5-8H2,1-2H3. The van der Waals surface area contributed by atoms with E-state index in [-0.39, 0.29) is 6.61 Å². The van der Waals surface area contributed by atoms with Gasteiger partial charge in [-0.2, -0.15) is 0 Å². The van der Waals surface area contributed by atoms with Gasteiger partial charge in [0.25, 0.3) is 0 Å². The highest BCUT2D eigenvalue weighted by atomic mass is 35.5. The van der Waals surface area contributed by atoms with Gasteiger partial charge in [-0.1, -0.05) is 11.6 Å². The van der Waals surface area contributed by atoms with Crippen molar-refractivity contribution in [3.8, 4) is 0 Å². The Hall–Kier alpha value is -0.840. The number of halogens is 1. The lowest BCUT2D eigenvalue weighted by Gasteiger charge is -2.39. The number of aliphatic hydroxyl groups excluding tert-OH is 1. The predicted molar refractivity (Wildman–Crippen MR) is 69.5 cm³/mol. The Balaban J connectivity index is 2.22. The summed E-state index contributed by atoms with van der Waals surface area (Å²) in [4.78, 5) is 8.98. The highest BCUT2D eigenvalue weighted by molar-refractivity contribution is 6.31. The van der Waals surface area contributed by atoms with Crippen LogP contribution in [-0.2, 0) is 6.61 Å². The van der Waals surface area contributed by atoms with E-state index in [0.29, 0.717) is 16.8 Å². The van der Waals surface area contributed by atoms with Gasteiger partial charge < -0.3 is 14.9 Å². The molecular formula is C12H18ClN3O. The first kappa shape index (κ1) is 12.6. The van der Waals surface area contributed by atoms with Gasteiger partial charge in [0.2, 0.25) is 0 Å². The maximum atomic E-state index is 9.18. The molecule has 1 aromatic rings. The number of aliphatic hydroxyl groups is 1. The third kappa shape index (κ3) is 2.70. The second-order valence-corrected chi connectivity index (χ2v) is 4.97. The lowest BCUT2D eigenvalue weighted by atomic mass is 10.2. The SMILES string of the molecule is CC1CN(C)CCN1c1ccc(Cl)c(CO)n1. The van der Waals surface area contributed by atoms with Crippen LogP contribution in [0.2, 0.25) is 5.02 Å². The summed E-state index contributed by atoms with van der Waals surface area (Å²) in [6, 6.07) is 4.15. The zero-order valence-corrected chi connectivity index (χ0v) is 11.0. The number of aromatic nitrogens is 1. The molecule has 1 N–H and O–H groups in total. The van der Waals surface area contributed by atoms with Crippen LogP contribution in [0.3, 0.4) is 0 Å². The van der Waals surface area contributed by atoms with Crippen molar-refractivity contribution in [2.75, 3.05) is 31.6 Å². The number of likely N-dealkylation sites (N-methyl/N-ethyl adjacent to an activating group) is 1. The molecule has 0 saturated carbocycles. The Labute approximate surface area is 107 Å². The molecule has 2 heterocycles. The van der Waals surface area contributed by atoms with Crippen molar-refractivity contribution in [1.82, 2.24) is 9.88 Å². The van der Waals surface area contributed by atoms with Crippen molar-refractivity contribution in [1.29, 1.82) is 0 Å². The van der Waals surface area contributed by atoms with Crippen LogP contribution in [0.15, 0.2) is 12.1 Å². The Morgan fingerprint density at radius 1 is 1.47 bits per heavy atom. The number of hydrogen-bond donors (Lipinski definition) is 1. The fraction of sp³-hybridized carbons (Fsp3) is 0.583. The molecular weight excluding hydrogens is 238 g/mol. The molecule has 0 aromatic carbocycles. The highest BCUT2D eigenvalue weighted by Crippen LogP contribution is 2.22. The Bertz CT molecular complexity index is 399. The first-order valence-electron chi connectivity index (χ1n) is 5.83. The number of nitrogens with zero attached hydrogens (tertiary/aromatic N) is 3. The molecule has 2 rings (SSSR count). The Morgan fingerprint density at radius 3 is 2.88 bits per heavy atom. The Morgan fingerprint density at radius 2 is 2.24 bits per heavy atom. The average molecular weight is 256 g/mol. The molecule has 94 valence electrons. The van der Waals surface area contributed by atoms with Crippen LogP contribution in [0.5, 0.6) is 0 Å². The second kappa shape index (κ2) is 5.21. The van der Waals surface area contributed by atoms with Crippen molar-refractivity contribution >= 4 is 17.4 Å². The van der Waals surface area contributed by atoms with Crippen LogP contribution in [0.25, 0.3) is 0 Å². The van der Waals surface area contributed by atoms with Gasteiger partial charge in [0, 0.05) is 25.7 Å². The molecule has 1 unspecified atom stereocenters. The minimum Gasteiger partial charge on any atom is -0.390 e. The maximum Gasteiger partial charge on any atom is 0.129 e. The van der Waals surface area contributed by atoms with Crippen LogP contribution >= 0.6 is 11.6 Å². The van der Waals surface area contributed by atoms with E-state index in [1.165, 1.54) is 0 Å². The molecule has 1 fully saturated rings.